The largest absolute Gasteiger partial charge is 0.314 e. The summed E-state index contributed by atoms with van der Waals surface area (Å²) < 4.78 is 0. The van der Waals surface area contributed by atoms with Crippen molar-refractivity contribution in [3.05, 3.63) is 0 Å². The third-order valence-electron chi connectivity index (χ3n) is 4.31. The second-order valence-electron chi connectivity index (χ2n) is 6.37. The van der Waals surface area contributed by atoms with Crippen LogP contribution in [0.5, 0.6) is 0 Å². The van der Waals surface area contributed by atoms with Gasteiger partial charge in [0.15, 0.2) is 0 Å². The summed E-state index contributed by atoms with van der Waals surface area (Å²) in [4.78, 5) is 0. The molecule has 0 bridgehead atoms. The van der Waals surface area contributed by atoms with E-state index in [9.17, 15) is 0 Å². The summed E-state index contributed by atoms with van der Waals surface area (Å²) in [6.07, 6.45) is 19.9. The van der Waals surface area contributed by atoms with Crippen molar-refractivity contribution in [1.29, 1.82) is 0 Å². The van der Waals surface area contributed by atoms with E-state index in [0.717, 1.165) is 12.6 Å². The minimum absolute atomic E-state index is 0.789. The van der Waals surface area contributed by atoms with Crippen LogP contribution in [0.4, 0.5) is 0 Å². The van der Waals surface area contributed by atoms with Crippen molar-refractivity contribution < 1.29 is 0 Å². The quantitative estimate of drug-likeness (QED) is 0.320. The summed E-state index contributed by atoms with van der Waals surface area (Å²) in [7, 11) is 0. The van der Waals surface area contributed by atoms with Gasteiger partial charge in [-0.1, -0.05) is 97.8 Å². The van der Waals surface area contributed by atoms with Crippen LogP contribution in [-0.4, -0.2) is 12.6 Å². The zero-order valence-electron chi connectivity index (χ0n) is 14.7. The molecule has 0 fully saturated rings. The Bertz CT molecular complexity index is 167. The molecule has 1 atom stereocenters. The van der Waals surface area contributed by atoms with Gasteiger partial charge in [0.05, 0.1) is 0 Å². The van der Waals surface area contributed by atoms with E-state index in [1.54, 1.807) is 0 Å². The van der Waals surface area contributed by atoms with Gasteiger partial charge in [-0.05, 0) is 19.4 Å². The molecule has 0 heterocycles. The monoisotopic (exact) mass is 283 g/mol. The third kappa shape index (κ3) is 14.4. The van der Waals surface area contributed by atoms with E-state index in [-0.39, 0.29) is 0 Å². The molecular weight excluding hydrogens is 242 g/mol. The van der Waals surface area contributed by atoms with E-state index in [1.165, 1.54) is 89.9 Å². The van der Waals surface area contributed by atoms with Gasteiger partial charge in [0.2, 0.25) is 0 Å². The number of hydrogen-bond acceptors (Lipinski definition) is 1. The Morgan fingerprint density at radius 1 is 0.550 bits per heavy atom. The lowest BCUT2D eigenvalue weighted by Crippen LogP contribution is -2.28. The van der Waals surface area contributed by atoms with Gasteiger partial charge < -0.3 is 5.32 Å². The summed E-state index contributed by atoms with van der Waals surface area (Å²) in [5.41, 5.74) is 0. The lowest BCUT2D eigenvalue weighted by Gasteiger charge is -2.17. The third-order valence-corrected chi connectivity index (χ3v) is 4.31. The molecule has 0 aliphatic heterocycles. The first-order valence-corrected chi connectivity index (χ1v) is 9.58. The minimum Gasteiger partial charge on any atom is -0.314 e. The predicted octanol–water partition coefficient (Wildman–Crippen LogP) is 6.47. The molecule has 0 rings (SSSR count). The van der Waals surface area contributed by atoms with Crippen LogP contribution in [0.1, 0.15) is 111 Å². The Balaban J connectivity index is 3.40. The minimum atomic E-state index is 0.789. The molecule has 0 amide bonds. The van der Waals surface area contributed by atoms with Crippen molar-refractivity contribution in [1.82, 2.24) is 5.32 Å². The van der Waals surface area contributed by atoms with Crippen LogP contribution in [0.3, 0.4) is 0 Å². The molecule has 0 aliphatic carbocycles. The second kappa shape index (κ2) is 17.0. The van der Waals surface area contributed by atoms with Gasteiger partial charge in [-0.25, -0.2) is 0 Å². The summed E-state index contributed by atoms with van der Waals surface area (Å²) in [6.45, 7) is 7.96. The van der Waals surface area contributed by atoms with Gasteiger partial charge in [0.1, 0.15) is 0 Å². The second-order valence-corrected chi connectivity index (χ2v) is 6.37. The molecule has 0 aromatic rings. The van der Waals surface area contributed by atoms with Crippen LogP contribution in [0.2, 0.25) is 0 Å². The van der Waals surface area contributed by atoms with Gasteiger partial charge in [-0.15, -0.1) is 0 Å². The van der Waals surface area contributed by atoms with Crippen molar-refractivity contribution in [2.45, 2.75) is 117 Å². The normalized spacial score (nSPS) is 12.8. The fourth-order valence-corrected chi connectivity index (χ4v) is 2.98. The summed E-state index contributed by atoms with van der Waals surface area (Å²) in [6, 6.07) is 0.789. The van der Waals surface area contributed by atoms with Crippen LogP contribution >= 0.6 is 0 Å². The van der Waals surface area contributed by atoms with E-state index in [2.05, 4.69) is 26.1 Å². The fraction of sp³-hybridized carbons (Fsp3) is 1.00. The van der Waals surface area contributed by atoms with E-state index < -0.39 is 0 Å². The lowest BCUT2D eigenvalue weighted by molar-refractivity contribution is 0.421. The highest BCUT2D eigenvalue weighted by molar-refractivity contribution is 4.66. The molecule has 0 saturated heterocycles. The van der Waals surface area contributed by atoms with Crippen molar-refractivity contribution in [3.8, 4) is 0 Å². The maximum Gasteiger partial charge on any atom is 0.00669 e. The zero-order valence-corrected chi connectivity index (χ0v) is 14.7. The Kier molecular flexibility index (Phi) is 17.0. The Labute approximate surface area is 129 Å². The standard InChI is InChI=1S/C19H41N/c1-4-7-9-11-12-13-14-16-18-19(20-6-3)17-15-10-8-5-2/h19-20H,4-18H2,1-3H3. The van der Waals surface area contributed by atoms with Gasteiger partial charge >= 0.3 is 0 Å². The van der Waals surface area contributed by atoms with Crippen LogP contribution in [0, 0.1) is 0 Å². The maximum atomic E-state index is 3.68. The number of unbranched alkanes of at least 4 members (excludes halogenated alkanes) is 10. The number of nitrogens with one attached hydrogen (secondary N) is 1. The summed E-state index contributed by atoms with van der Waals surface area (Å²) in [5.74, 6) is 0. The average molecular weight is 284 g/mol. The molecule has 0 aromatic carbocycles. The number of hydrogen-bond donors (Lipinski definition) is 1. The first kappa shape index (κ1) is 20.0. The Morgan fingerprint density at radius 3 is 1.40 bits per heavy atom. The van der Waals surface area contributed by atoms with Gasteiger partial charge in [-0.3, -0.25) is 0 Å². The van der Waals surface area contributed by atoms with Gasteiger partial charge in [0.25, 0.3) is 0 Å². The Hall–Kier alpha value is -0.0400. The van der Waals surface area contributed by atoms with Crippen molar-refractivity contribution in [2.24, 2.45) is 0 Å². The maximum absolute atomic E-state index is 3.68. The predicted molar refractivity (Wildman–Crippen MR) is 93.5 cm³/mol. The van der Waals surface area contributed by atoms with Gasteiger partial charge in [-0.2, -0.15) is 0 Å². The highest BCUT2D eigenvalue weighted by atomic mass is 14.9. The molecule has 0 spiro atoms. The van der Waals surface area contributed by atoms with Crippen molar-refractivity contribution in [3.63, 3.8) is 0 Å². The van der Waals surface area contributed by atoms with Crippen LogP contribution in [0.25, 0.3) is 0 Å². The zero-order chi connectivity index (χ0) is 14.9. The Morgan fingerprint density at radius 2 is 0.950 bits per heavy atom. The molecule has 0 saturated carbocycles. The summed E-state index contributed by atoms with van der Waals surface area (Å²) >= 11 is 0. The van der Waals surface area contributed by atoms with Crippen LogP contribution < -0.4 is 5.32 Å². The molecule has 20 heavy (non-hydrogen) atoms. The smallest absolute Gasteiger partial charge is 0.00669 e. The topological polar surface area (TPSA) is 12.0 Å². The van der Waals surface area contributed by atoms with Crippen molar-refractivity contribution >= 4 is 0 Å². The molecule has 0 aromatic heterocycles. The summed E-state index contributed by atoms with van der Waals surface area (Å²) in [5, 5.41) is 3.68. The van der Waals surface area contributed by atoms with Crippen LogP contribution in [0.15, 0.2) is 0 Å². The highest BCUT2D eigenvalue weighted by Crippen LogP contribution is 2.14. The molecular formula is C19H41N. The first-order valence-electron chi connectivity index (χ1n) is 9.58. The van der Waals surface area contributed by atoms with E-state index in [4.69, 9.17) is 0 Å². The van der Waals surface area contributed by atoms with E-state index >= 15 is 0 Å². The van der Waals surface area contributed by atoms with E-state index in [0.29, 0.717) is 0 Å². The van der Waals surface area contributed by atoms with Crippen molar-refractivity contribution in [2.75, 3.05) is 6.54 Å². The SMILES string of the molecule is CCCCCCCCCCC(CCCCCC)NCC. The van der Waals surface area contributed by atoms with Gasteiger partial charge in [0, 0.05) is 6.04 Å². The van der Waals surface area contributed by atoms with Crippen LogP contribution in [-0.2, 0) is 0 Å². The average Bonchev–Trinajstić information content (AvgIpc) is 2.46. The molecule has 1 unspecified atom stereocenters. The first-order chi connectivity index (χ1) is 9.85. The molecule has 122 valence electrons. The molecule has 0 aliphatic rings. The van der Waals surface area contributed by atoms with E-state index in [1.807, 2.05) is 0 Å². The molecule has 1 heteroatoms. The molecule has 1 nitrogen and oxygen atoms in total. The highest BCUT2D eigenvalue weighted by Gasteiger charge is 2.06. The fourth-order valence-electron chi connectivity index (χ4n) is 2.98. The molecule has 0 radical (unpaired) electrons. The molecule has 1 N–H and O–H groups in total. The lowest BCUT2D eigenvalue weighted by atomic mass is 10.0. The number of rotatable bonds is 16.